The molecule has 1 saturated heterocycles. The number of sulfonamides is 1. The second kappa shape index (κ2) is 14.9. The van der Waals surface area contributed by atoms with Crippen molar-refractivity contribution in [1.29, 1.82) is 0 Å². The topological polar surface area (TPSA) is 157 Å². The molecular formula is C37H47N5O7S2. The number of amides is 3. The molecule has 1 saturated carbocycles. The average Bonchev–Trinajstić information content (AvgIpc) is 3.40. The molecule has 2 N–H and O–H groups in total. The van der Waals surface area contributed by atoms with Crippen LogP contribution in [-0.2, 0) is 24.4 Å². The highest BCUT2D eigenvalue weighted by Gasteiger charge is 2.61. The Morgan fingerprint density at radius 2 is 1.96 bits per heavy atom. The largest absolute Gasteiger partial charge is 0.497 e. The minimum absolute atomic E-state index is 0.159. The van der Waals surface area contributed by atoms with Crippen molar-refractivity contribution >= 4 is 50.0 Å². The van der Waals surface area contributed by atoms with E-state index < -0.39 is 44.8 Å². The Kier molecular flexibility index (Phi) is 10.7. The van der Waals surface area contributed by atoms with Crippen LogP contribution in [0.4, 0.5) is 0 Å². The van der Waals surface area contributed by atoms with Crippen LogP contribution in [0.5, 0.6) is 11.5 Å². The molecule has 274 valence electrons. The summed E-state index contributed by atoms with van der Waals surface area (Å²) < 4.78 is 40.2. The fourth-order valence-electron chi connectivity index (χ4n) is 6.71. The predicted octanol–water partition coefficient (Wildman–Crippen LogP) is 5.48. The molecule has 6 rings (SSSR count). The summed E-state index contributed by atoms with van der Waals surface area (Å²) in [6.07, 6.45) is 7.57. The number of methoxy groups -OCH3 is 1. The van der Waals surface area contributed by atoms with Crippen molar-refractivity contribution in [2.24, 2.45) is 5.92 Å². The molecule has 5 atom stereocenters. The molecule has 0 radical (unpaired) electrons. The molecular weight excluding hydrogens is 691 g/mol. The van der Waals surface area contributed by atoms with E-state index in [9.17, 15) is 22.8 Å². The standard InChI is InChI=1S/C37H47N5O7S2/c1-6-23(4)51(46,47)41-36(45)37-19-24(37)12-10-8-7-9-11-13-33(43)42-20-26(17-31(42)34(44)40-37)49-32-18-29(35-39-30(21-50-35)22(2)3)38-28-16-25(48-5)14-15-27(28)32/h10,12,14-16,18,21-24,26,31H,6-9,11,13,17,19-20H2,1-5H3,(H,40,44)(H,41,45)/b12-10-/t23?,24-,26-,31+,37-/m1/s1. The van der Waals surface area contributed by atoms with Crippen LogP contribution in [0.1, 0.15) is 90.7 Å². The summed E-state index contributed by atoms with van der Waals surface area (Å²) in [6.45, 7) is 7.62. The van der Waals surface area contributed by atoms with E-state index in [2.05, 4.69) is 23.9 Å². The normalized spacial score (nSPS) is 25.4. The lowest BCUT2D eigenvalue weighted by atomic mass is 10.1. The molecule has 1 aromatic carbocycles. The van der Waals surface area contributed by atoms with Gasteiger partial charge in [-0.05, 0) is 57.1 Å². The number of thiazole rings is 1. The first-order valence-electron chi connectivity index (χ1n) is 17.8. The number of hydrogen-bond donors (Lipinski definition) is 2. The molecule has 12 nitrogen and oxygen atoms in total. The summed E-state index contributed by atoms with van der Waals surface area (Å²) in [4.78, 5) is 52.7. The molecule has 1 unspecified atom stereocenters. The highest BCUT2D eigenvalue weighted by Crippen LogP contribution is 2.46. The van der Waals surface area contributed by atoms with E-state index in [1.807, 2.05) is 41.8 Å². The van der Waals surface area contributed by atoms with Crippen molar-refractivity contribution in [2.75, 3.05) is 13.7 Å². The van der Waals surface area contributed by atoms with Crippen molar-refractivity contribution in [3.63, 3.8) is 0 Å². The lowest BCUT2D eigenvalue weighted by Crippen LogP contribution is -2.57. The van der Waals surface area contributed by atoms with E-state index >= 15 is 0 Å². The second-order valence-electron chi connectivity index (χ2n) is 14.2. The fourth-order valence-corrected chi connectivity index (χ4v) is 8.73. The lowest BCUT2D eigenvalue weighted by molar-refractivity contribution is -0.139. The van der Waals surface area contributed by atoms with Gasteiger partial charge >= 0.3 is 0 Å². The number of carbonyl (C=O) groups excluding carboxylic acids is 3. The average molecular weight is 738 g/mol. The molecule has 3 aliphatic rings. The van der Waals surface area contributed by atoms with Crippen LogP contribution in [-0.4, -0.2) is 77.6 Å². The van der Waals surface area contributed by atoms with Gasteiger partial charge in [0.2, 0.25) is 21.8 Å². The number of benzene rings is 1. The minimum Gasteiger partial charge on any atom is -0.497 e. The predicted molar refractivity (Wildman–Crippen MR) is 196 cm³/mol. The number of nitrogens with zero attached hydrogens (tertiary/aromatic N) is 3. The molecule has 4 heterocycles. The molecule has 2 aromatic heterocycles. The van der Waals surface area contributed by atoms with Gasteiger partial charge in [0.05, 0.1) is 30.1 Å². The van der Waals surface area contributed by atoms with Crippen molar-refractivity contribution < 1.29 is 32.3 Å². The molecule has 2 aliphatic heterocycles. The van der Waals surface area contributed by atoms with E-state index in [0.29, 0.717) is 35.6 Å². The number of aromatic nitrogens is 2. The summed E-state index contributed by atoms with van der Waals surface area (Å²) in [5, 5.41) is 5.65. The molecule has 3 aromatic rings. The maximum absolute atomic E-state index is 14.1. The van der Waals surface area contributed by atoms with Gasteiger partial charge in [0, 0.05) is 41.7 Å². The van der Waals surface area contributed by atoms with Crippen LogP contribution < -0.4 is 19.5 Å². The third kappa shape index (κ3) is 7.76. The van der Waals surface area contributed by atoms with Gasteiger partial charge in [-0.3, -0.25) is 19.1 Å². The monoisotopic (exact) mass is 737 g/mol. The molecule has 14 heteroatoms. The zero-order valence-corrected chi connectivity index (χ0v) is 31.4. The van der Waals surface area contributed by atoms with Crippen LogP contribution in [0.15, 0.2) is 41.8 Å². The Hall–Kier alpha value is -4.04. The first-order valence-corrected chi connectivity index (χ1v) is 20.2. The van der Waals surface area contributed by atoms with Gasteiger partial charge in [0.1, 0.15) is 39.9 Å². The quantitative estimate of drug-likeness (QED) is 0.272. The Labute approximate surface area is 303 Å². The second-order valence-corrected chi connectivity index (χ2v) is 17.1. The molecule has 3 amide bonds. The first kappa shape index (κ1) is 36.7. The smallest absolute Gasteiger partial charge is 0.259 e. The third-order valence-corrected chi connectivity index (χ3v) is 13.0. The van der Waals surface area contributed by atoms with Crippen molar-refractivity contribution in [3.05, 3.63) is 47.5 Å². The maximum Gasteiger partial charge on any atom is 0.259 e. The SMILES string of the molecule is CCC(C)S(=O)(=O)NC(=O)[C@@]12C[C@H]1/C=C\CCCCCC(=O)N1C[C@H](Oc3cc(-c4nc(C(C)C)cs4)nc4cc(OC)ccc34)C[C@H]1C(=O)N2. The van der Waals surface area contributed by atoms with Crippen molar-refractivity contribution in [3.8, 4) is 22.2 Å². The van der Waals surface area contributed by atoms with Gasteiger partial charge in [-0.25, -0.2) is 18.4 Å². The molecule has 1 aliphatic carbocycles. The van der Waals surface area contributed by atoms with Crippen molar-refractivity contribution in [2.45, 2.75) is 108 Å². The Bertz CT molecular complexity index is 1940. The van der Waals surface area contributed by atoms with E-state index in [1.54, 1.807) is 18.9 Å². The highest BCUT2D eigenvalue weighted by atomic mass is 32.2. The van der Waals surface area contributed by atoms with Crippen LogP contribution >= 0.6 is 11.3 Å². The van der Waals surface area contributed by atoms with E-state index in [1.165, 1.54) is 18.3 Å². The maximum atomic E-state index is 14.1. The van der Waals surface area contributed by atoms with Gasteiger partial charge in [-0.1, -0.05) is 39.3 Å². The van der Waals surface area contributed by atoms with E-state index in [-0.39, 0.29) is 43.6 Å². The molecule has 2 fully saturated rings. The zero-order valence-electron chi connectivity index (χ0n) is 29.8. The van der Waals surface area contributed by atoms with Gasteiger partial charge in [-0.2, -0.15) is 0 Å². The van der Waals surface area contributed by atoms with Crippen LogP contribution in [0.3, 0.4) is 0 Å². The van der Waals surface area contributed by atoms with Gasteiger partial charge < -0.3 is 19.7 Å². The minimum atomic E-state index is -3.94. The summed E-state index contributed by atoms with van der Waals surface area (Å²) in [6, 6.07) is 6.48. The van der Waals surface area contributed by atoms with E-state index in [0.717, 1.165) is 35.4 Å². The number of ether oxygens (including phenoxy) is 2. The molecule has 0 spiro atoms. The summed E-state index contributed by atoms with van der Waals surface area (Å²) >= 11 is 1.50. The number of rotatable bonds is 9. The van der Waals surface area contributed by atoms with Crippen LogP contribution in [0, 0.1) is 5.92 Å². The van der Waals surface area contributed by atoms with Gasteiger partial charge in [-0.15, -0.1) is 11.3 Å². The Morgan fingerprint density at radius 3 is 2.69 bits per heavy atom. The fraction of sp³-hybridized carbons (Fsp3) is 0.541. The number of fused-ring (bicyclic) bond motifs is 3. The third-order valence-electron chi connectivity index (χ3n) is 10.2. The number of pyridine rings is 1. The highest BCUT2D eigenvalue weighted by molar-refractivity contribution is 7.90. The van der Waals surface area contributed by atoms with Gasteiger partial charge in [0.15, 0.2) is 0 Å². The summed E-state index contributed by atoms with van der Waals surface area (Å²) in [5.41, 5.74) is 0.837. The molecule has 51 heavy (non-hydrogen) atoms. The Morgan fingerprint density at radius 1 is 1.16 bits per heavy atom. The zero-order chi connectivity index (χ0) is 36.5. The number of carbonyl (C=O) groups is 3. The molecule has 0 bridgehead atoms. The number of nitrogens with one attached hydrogen (secondary N) is 2. The Balaban J connectivity index is 1.30. The van der Waals surface area contributed by atoms with E-state index in [4.69, 9.17) is 19.4 Å². The van der Waals surface area contributed by atoms with Crippen LogP contribution in [0.25, 0.3) is 21.6 Å². The lowest BCUT2D eigenvalue weighted by Gasteiger charge is -2.27. The summed E-state index contributed by atoms with van der Waals surface area (Å²) in [7, 11) is -2.35. The summed E-state index contributed by atoms with van der Waals surface area (Å²) in [5.74, 6) is -0.347. The van der Waals surface area contributed by atoms with Crippen LogP contribution in [0.2, 0.25) is 0 Å². The number of allylic oxidation sites excluding steroid dienone is 1. The first-order chi connectivity index (χ1) is 24.3. The van der Waals surface area contributed by atoms with Gasteiger partial charge in [0.25, 0.3) is 5.91 Å². The van der Waals surface area contributed by atoms with Crippen molar-refractivity contribution in [1.82, 2.24) is 24.9 Å². The number of hydrogen-bond acceptors (Lipinski definition) is 10.